The van der Waals surface area contributed by atoms with Crippen LogP contribution in [0.3, 0.4) is 0 Å². The van der Waals surface area contributed by atoms with E-state index in [1.807, 2.05) is 61.5 Å². The van der Waals surface area contributed by atoms with E-state index in [-0.39, 0.29) is 17.8 Å². The number of carbonyl (C=O) groups excluding carboxylic acids is 2. The van der Waals surface area contributed by atoms with Gasteiger partial charge in [-0.1, -0.05) is 30.3 Å². The van der Waals surface area contributed by atoms with Gasteiger partial charge in [-0.05, 0) is 54.6 Å². The van der Waals surface area contributed by atoms with E-state index >= 15 is 0 Å². The predicted octanol–water partition coefficient (Wildman–Crippen LogP) is 4.19. The van der Waals surface area contributed by atoms with Gasteiger partial charge in [0, 0.05) is 5.69 Å². The van der Waals surface area contributed by atoms with Crippen LogP contribution in [-0.2, 0) is 4.79 Å². The molecule has 0 bridgehead atoms. The highest BCUT2D eigenvalue weighted by Crippen LogP contribution is 2.32. The zero-order chi connectivity index (χ0) is 17.6. The molecule has 0 aliphatic carbocycles. The molecule has 6 heteroatoms. The topological polar surface area (TPSA) is 58.6 Å². The van der Waals surface area contributed by atoms with E-state index in [4.69, 9.17) is 4.74 Å². The van der Waals surface area contributed by atoms with Crippen LogP contribution in [0.15, 0.2) is 59.5 Å². The van der Waals surface area contributed by atoms with Crippen LogP contribution in [0.2, 0.25) is 0 Å². The van der Waals surface area contributed by atoms with Gasteiger partial charge in [0.15, 0.2) is 0 Å². The van der Waals surface area contributed by atoms with Crippen LogP contribution in [0, 0.1) is 0 Å². The molecule has 1 aliphatic heterocycles. The summed E-state index contributed by atoms with van der Waals surface area (Å²) in [5.41, 5.74) is 1.71. The van der Waals surface area contributed by atoms with Crippen molar-refractivity contribution >= 4 is 34.7 Å². The van der Waals surface area contributed by atoms with Crippen molar-refractivity contribution in [2.75, 3.05) is 18.6 Å². The highest BCUT2D eigenvalue weighted by Gasteiger charge is 2.34. The molecule has 1 fully saturated rings. The smallest absolute Gasteiger partial charge is 0.295 e. The lowest BCUT2D eigenvalue weighted by Crippen LogP contribution is -2.33. The summed E-state index contributed by atoms with van der Waals surface area (Å²) in [5, 5.41) is 2.82. The van der Waals surface area contributed by atoms with Crippen LogP contribution < -0.4 is 10.1 Å². The molecule has 1 N–H and O–H groups in total. The van der Waals surface area contributed by atoms with E-state index in [1.165, 1.54) is 4.90 Å². The maximum atomic E-state index is 12.4. The number of imide groups is 1. The van der Waals surface area contributed by atoms with Gasteiger partial charge in [0.2, 0.25) is 0 Å². The van der Waals surface area contributed by atoms with E-state index in [0.717, 1.165) is 28.8 Å². The molecule has 2 amide bonds. The Kier molecular flexibility index (Phi) is 5.40. The summed E-state index contributed by atoms with van der Waals surface area (Å²) in [5.74, 6) is 0.502. The van der Waals surface area contributed by atoms with Gasteiger partial charge in [0.1, 0.15) is 5.75 Å². The highest BCUT2D eigenvalue weighted by molar-refractivity contribution is 8.18. The number of carbonyl (C=O) groups is 2. The minimum absolute atomic E-state index is 0.130. The number of ether oxygens (including phenoxy) is 1. The first-order chi connectivity index (χ1) is 12.2. The zero-order valence-electron chi connectivity index (χ0n) is 13.8. The summed E-state index contributed by atoms with van der Waals surface area (Å²) in [6.45, 7) is 2.66. The number of benzene rings is 2. The molecular formula is C19H18N2O3S. The fourth-order valence-electron chi connectivity index (χ4n) is 2.34. The van der Waals surface area contributed by atoms with Crippen molar-refractivity contribution in [2.45, 2.75) is 6.92 Å². The van der Waals surface area contributed by atoms with Crippen LogP contribution in [0.1, 0.15) is 12.5 Å². The summed E-state index contributed by atoms with van der Waals surface area (Å²) in [7, 11) is 0. The van der Waals surface area contributed by atoms with Gasteiger partial charge in [-0.15, -0.1) is 0 Å². The van der Waals surface area contributed by atoms with Gasteiger partial charge in [-0.2, -0.15) is 0 Å². The highest BCUT2D eigenvalue weighted by atomic mass is 32.2. The molecule has 0 unspecified atom stereocenters. The number of amides is 2. The molecule has 0 aromatic heterocycles. The second kappa shape index (κ2) is 7.90. The summed E-state index contributed by atoms with van der Waals surface area (Å²) >= 11 is 0.959. The Bertz CT molecular complexity index is 788. The quantitative estimate of drug-likeness (QED) is 0.788. The Morgan fingerprint density at radius 1 is 1.08 bits per heavy atom. The van der Waals surface area contributed by atoms with E-state index in [0.29, 0.717) is 11.5 Å². The van der Waals surface area contributed by atoms with E-state index < -0.39 is 0 Å². The van der Waals surface area contributed by atoms with Gasteiger partial charge < -0.3 is 10.1 Å². The van der Waals surface area contributed by atoms with Crippen LogP contribution in [0.25, 0.3) is 6.08 Å². The zero-order valence-corrected chi connectivity index (χ0v) is 14.6. The van der Waals surface area contributed by atoms with Crippen molar-refractivity contribution in [3.05, 3.63) is 65.1 Å². The SMILES string of the molecule is CCOc1ccc(NCN2C(=O)S/C(=C\c3ccccc3)C2=O)cc1. The molecule has 128 valence electrons. The number of hydrogen-bond donors (Lipinski definition) is 1. The number of rotatable bonds is 6. The lowest BCUT2D eigenvalue weighted by molar-refractivity contribution is -0.122. The van der Waals surface area contributed by atoms with Gasteiger partial charge in [-0.3, -0.25) is 14.5 Å². The van der Waals surface area contributed by atoms with Gasteiger partial charge in [0.25, 0.3) is 11.1 Å². The molecule has 1 aliphatic rings. The standard InChI is InChI=1S/C19H18N2O3S/c1-2-24-16-10-8-15(9-11-16)20-13-21-18(22)17(25-19(21)23)12-14-6-4-3-5-7-14/h3-12,20H,2,13H2,1H3/b17-12-. The second-order valence-electron chi connectivity index (χ2n) is 5.31. The molecule has 25 heavy (non-hydrogen) atoms. The fourth-order valence-corrected chi connectivity index (χ4v) is 3.18. The number of nitrogens with zero attached hydrogens (tertiary/aromatic N) is 1. The third kappa shape index (κ3) is 4.22. The number of thioether (sulfide) groups is 1. The monoisotopic (exact) mass is 354 g/mol. The first kappa shape index (κ1) is 17.1. The molecule has 0 saturated carbocycles. The first-order valence-electron chi connectivity index (χ1n) is 7.94. The Morgan fingerprint density at radius 2 is 1.80 bits per heavy atom. The van der Waals surface area contributed by atoms with Crippen molar-refractivity contribution in [1.29, 1.82) is 0 Å². The molecule has 2 aromatic rings. The minimum Gasteiger partial charge on any atom is -0.494 e. The van der Waals surface area contributed by atoms with E-state index in [2.05, 4.69) is 5.32 Å². The molecule has 0 atom stereocenters. The van der Waals surface area contributed by atoms with E-state index in [1.54, 1.807) is 6.08 Å². The lowest BCUT2D eigenvalue weighted by Gasteiger charge is -2.14. The Hall–Kier alpha value is -2.73. The average Bonchev–Trinajstić information content (AvgIpc) is 2.89. The minimum atomic E-state index is -0.280. The van der Waals surface area contributed by atoms with Crippen LogP contribution >= 0.6 is 11.8 Å². The molecule has 2 aromatic carbocycles. The largest absolute Gasteiger partial charge is 0.494 e. The predicted molar refractivity (Wildman–Crippen MR) is 100 cm³/mol. The number of anilines is 1. The summed E-state index contributed by atoms with van der Waals surface area (Å²) < 4.78 is 5.39. The molecule has 5 nitrogen and oxygen atoms in total. The molecule has 0 radical (unpaired) electrons. The molecule has 1 saturated heterocycles. The van der Waals surface area contributed by atoms with Gasteiger partial charge >= 0.3 is 0 Å². The number of nitrogens with one attached hydrogen (secondary N) is 1. The summed E-state index contributed by atoms with van der Waals surface area (Å²) in [6, 6.07) is 16.9. The van der Waals surface area contributed by atoms with Crippen LogP contribution in [0.5, 0.6) is 5.75 Å². The molecule has 3 rings (SSSR count). The Labute approximate surface area is 150 Å². The van der Waals surface area contributed by atoms with E-state index in [9.17, 15) is 9.59 Å². The third-order valence-electron chi connectivity index (χ3n) is 3.58. The summed E-state index contributed by atoms with van der Waals surface area (Å²) in [4.78, 5) is 26.2. The van der Waals surface area contributed by atoms with Crippen LogP contribution in [-0.4, -0.2) is 29.3 Å². The fraction of sp³-hybridized carbons (Fsp3) is 0.158. The molecule has 0 spiro atoms. The number of hydrogen-bond acceptors (Lipinski definition) is 5. The molecule has 1 heterocycles. The summed E-state index contributed by atoms with van der Waals surface area (Å²) in [6.07, 6.45) is 1.74. The van der Waals surface area contributed by atoms with Crippen molar-refractivity contribution in [3.63, 3.8) is 0 Å². The maximum absolute atomic E-state index is 12.4. The second-order valence-corrected chi connectivity index (χ2v) is 6.31. The van der Waals surface area contributed by atoms with Gasteiger partial charge in [-0.25, -0.2) is 0 Å². The van der Waals surface area contributed by atoms with Crippen LogP contribution in [0.4, 0.5) is 10.5 Å². The van der Waals surface area contributed by atoms with Crippen molar-refractivity contribution < 1.29 is 14.3 Å². The Balaban J connectivity index is 1.64. The maximum Gasteiger partial charge on any atom is 0.295 e. The normalized spacial score (nSPS) is 15.7. The van der Waals surface area contributed by atoms with Gasteiger partial charge in [0.05, 0.1) is 18.2 Å². The third-order valence-corrected chi connectivity index (χ3v) is 4.48. The van der Waals surface area contributed by atoms with Crippen molar-refractivity contribution in [2.24, 2.45) is 0 Å². The van der Waals surface area contributed by atoms with Crippen molar-refractivity contribution in [3.8, 4) is 5.75 Å². The lowest BCUT2D eigenvalue weighted by atomic mass is 10.2. The molecular weight excluding hydrogens is 336 g/mol. The first-order valence-corrected chi connectivity index (χ1v) is 8.76. The Morgan fingerprint density at radius 3 is 2.48 bits per heavy atom. The van der Waals surface area contributed by atoms with Crippen molar-refractivity contribution in [1.82, 2.24) is 4.90 Å². The average molecular weight is 354 g/mol.